The highest BCUT2D eigenvalue weighted by Crippen LogP contribution is 2.18. The van der Waals surface area contributed by atoms with Gasteiger partial charge in [0.1, 0.15) is 24.0 Å². The van der Waals surface area contributed by atoms with Crippen LogP contribution in [0.5, 0.6) is 5.75 Å². The number of carbonyl (C=O) groups excluding carboxylic acids is 1. The van der Waals surface area contributed by atoms with Crippen LogP contribution in [-0.2, 0) is 22.7 Å². The molecule has 2 rings (SSSR count). The maximum atomic E-state index is 12.2. The molecule has 0 radical (unpaired) electrons. The summed E-state index contributed by atoms with van der Waals surface area (Å²) < 4.78 is 10.8. The fourth-order valence-corrected chi connectivity index (χ4v) is 3.05. The van der Waals surface area contributed by atoms with Gasteiger partial charge < -0.3 is 14.4 Å². The van der Waals surface area contributed by atoms with Gasteiger partial charge in [-0.15, -0.1) is 11.3 Å². The number of aromatic nitrogens is 1. The number of nitrogens with zero attached hydrogens (tertiary/aromatic N) is 2. The van der Waals surface area contributed by atoms with E-state index in [1.54, 1.807) is 11.3 Å². The molecule has 1 heterocycles. The third-order valence-corrected chi connectivity index (χ3v) is 4.90. The summed E-state index contributed by atoms with van der Waals surface area (Å²) in [5, 5.41) is 2.89. The summed E-state index contributed by atoms with van der Waals surface area (Å²) in [7, 11) is 1.54. The lowest BCUT2D eigenvalue weighted by atomic mass is 10.2. The molecule has 6 heteroatoms. The Morgan fingerprint density at radius 2 is 2.04 bits per heavy atom. The van der Waals surface area contributed by atoms with Crippen molar-refractivity contribution in [1.82, 2.24) is 9.88 Å². The Morgan fingerprint density at radius 1 is 1.32 bits per heavy atom. The van der Waals surface area contributed by atoms with Gasteiger partial charge in [0.15, 0.2) is 0 Å². The maximum Gasteiger partial charge on any atom is 0.249 e. The molecular weight excluding hydrogens is 336 g/mol. The molecule has 0 bridgehead atoms. The van der Waals surface area contributed by atoms with Crippen molar-refractivity contribution in [3.05, 3.63) is 45.9 Å². The van der Waals surface area contributed by atoms with Gasteiger partial charge in [0, 0.05) is 18.5 Å². The zero-order chi connectivity index (χ0) is 18.2. The molecule has 0 fully saturated rings. The molecule has 0 unspecified atom stereocenters. The number of ether oxygens (including phenoxy) is 2. The SMILES string of the molecule is CC[C@@H](C)N(Cc1csc(COc2ccc(C)cc2)n1)C(=O)COC. The molecule has 1 aromatic heterocycles. The van der Waals surface area contributed by atoms with E-state index < -0.39 is 0 Å². The van der Waals surface area contributed by atoms with Gasteiger partial charge >= 0.3 is 0 Å². The number of amides is 1. The second-order valence-electron chi connectivity index (χ2n) is 6.05. The molecule has 136 valence electrons. The topological polar surface area (TPSA) is 51.7 Å². The van der Waals surface area contributed by atoms with Crippen molar-refractivity contribution in [1.29, 1.82) is 0 Å². The van der Waals surface area contributed by atoms with Crippen LogP contribution in [0.4, 0.5) is 0 Å². The van der Waals surface area contributed by atoms with Crippen molar-refractivity contribution >= 4 is 17.2 Å². The largest absolute Gasteiger partial charge is 0.486 e. The highest BCUT2D eigenvalue weighted by Gasteiger charge is 2.20. The van der Waals surface area contributed by atoms with Gasteiger partial charge in [-0.25, -0.2) is 4.98 Å². The highest BCUT2D eigenvalue weighted by molar-refractivity contribution is 7.09. The summed E-state index contributed by atoms with van der Waals surface area (Å²) in [4.78, 5) is 18.7. The molecule has 0 N–H and O–H groups in total. The molecule has 25 heavy (non-hydrogen) atoms. The number of rotatable bonds is 9. The van der Waals surface area contributed by atoms with Crippen LogP contribution in [0.1, 0.15) is 36.5 Å². The molecular formula is C19H26N2O3S. The molecule has 0 aliphatic heterocycles. The summed E-state index contributed by atoms with van der Waals surface area (Å²) in [5.41, 5.74) is 2.09. The monoisotopic (exact) mass is 362 g/mol. The van der Waals surface area contributed by atoms with Crippen molar-refractivity contribution in [2.45, 2.75) is 46.4 Å². The normalized spacial score (nSPS) is 12.0. The first-order valence-electron chi connectivity index (χ1n) is 8.44. The van der Waals surface area contributed by atoms with E-state index in [1.165, 1.54) is 12.7 Å². The first-order chi connectivity index (χ1) is 12.0. The average molecular weight is 362 g/mol. The summed E-state index contributed by atoms with van der Waals surface area (Å²) in [6.45, 7) is 7.19. The average Bonchev–Trinajstić information content (AvgIpc) is 3.06. The molecule has 0 aliphatic rings. The highest BCUT2D eigenvalue weighted by atomic mass is 32.1. The van der Waals surface area contributed by atoms with Crippen LogP contribution < -0.4 is 4.74 Å². The Labute approximate surface area is 153 Å². The molecule has 5 nitrogen and oxygen atoms in total. The van der Waals surface area contributed by atoms with Crippen LogP contribution in [0.3, 0.4) is 0 Å². The van der Waals surface area contributed by atoms with E-state index in [9.17, 15) is 4.79 Å². The van der Waals surface area contributed by atoms with E-state index in [0.29, 0.717) is 13.2 Å². The van der Waals surface area contributed by atoms with E-state index >= 15 is 0 Å². The quantitative estimate of drug-likeness (QED) is 0.681. The van der Waals surface area contributed by atoms with E-state index in [1.807, 2.05) is 48.4 Å². The molecule has 2 aromatic rings. The zero-order valence-corrected chi connectivity index (χ0v) is 16.1. The Hall–Kier alpha value is -1.92. The maximum absolute atomic E-state index is 12.2. The van der Waals surface area contributed by atoms with E-state index in [0.717, 1.165) is 22.9 Å². The van der Waals surface area contributed by atoms with Crippen LogP contribution in [0.15, 0.2) is 29.6 Å². The third-order valence-electron chi connectivity index (χ3n) is 4.03. The van der Waals surface area contributed by atoms with Crippen LogP contribution in [0.2, 0.25) is 0 Å². The molecule has 0 spiro atoms. The van der Waals surface area contributed by atoms with Crippen molar-refractivity contribution in [3.63, 3.8) is 0 Å². The lowest BCUT2D eigenvalue weighted by Crippen LogP contribution is -2.39. The van der Waals surface area contributed by atoms with Gasteiger partial charge in [-0.2, -0.15) is 0 Å². The van der Waals surface area contributed by atoms with E-state index in [4.69, 9.17) is 9.47 Å². The molecule has 1 atom stereocenters. The van der Waals surface area contributed by atoms with Crippen LogP contribution in [0.25, 0.3) is 0 Å². The summed E-state index contributed by atoms with van der Waals surface area (Å²) in [6.07, 6.45) is 0.892. The van der Waals surface area contributed by atoms with Gasteiger partial charge in [-0.05, 0) is 32.4 Å². The fourth-order valence-electron chi connectivity index (χ4n) is 2.36. The van der Waals surface area contributed by atoms with E-state index in [-0.39, 0.29) is 18.6 Å². The summed E-state index contributed by atoms with van der Waals surface area (Å²) in [5.74, 6) is 0.821. The number of carbonyl (C=O) groups is 1. The van der Waals surface area contributed by atoms with Gasteiger partial charge in [0.05, 0.1) is 12.2 Å². The van der Waals surface area contributed by atoms with Crippen molar-refractivity contribution in [3.8, 4) is 5.75 Å². The molecule has 1 amide bonds. The van der Waals surface area contributed by atoms with Crippen LogP contribution in [0, 0.1) is 6.92 Å². The van der Waals surface area contributed by atoms with E-state index in [2.05, 4.69) is 11.9 Å². The molecule has 0 aliphatic carbocycles. The minimum Gasteiger partial charge on any atom is -0.486 e. The molecule has 0 saturated heterocycles. The Morgan fingerprint density at radius 3 is 2.68 bits per heavy atom. The van der Waals surface area contributed by atoms with Crippen LogP contribution in [-0.4, -0.2) is 35.5 Å². The summed E-state index contributed by atoms with van der Waals surface area (Å²) >= 11 is 1.55. The zero-order valence-electron chi connectivity index (χ0n) is 15.3. The molecule has 1 aromatic carbocycles. The predicted octanol–water partition coefficient (Wildman–Crippen LogP) is 3.80. The standard InChI is InChI=1S/C19H26N2O3S/c1-5-15(3)21(19(22)12-23-4)10-16-13-25-18(20-16)11-24-17-8-6-14(2)7-9-17/h6-9,13,15H,5,10-12H2,1-4H3/t15-/m1/s1. The third kappa shape index (κ3) is 5.83. The number of thiazole rings is 1. The van der Waals surface area contributed by atoms with Crippen molar-refractivity contribution in [2.24, 2.45) is 0 Å². The minimum absolute atomic E-state index is 0.0118. The lowest BCUT2D eigenvalue weighted by molar-refractivity contribution is -0.138. The predicted molar refractivity (Wildman–Crippen MR) is 99.8 cm³/mol. The minimum atomic E-state index is -0.0118. The van der Waals surface area contributed by atoms with Crippen molar-refractivity contribution in [2.75, 3.05) is 13.7 Å². The number of aryl methyl sites for hydroxylation is 1. The Kier molecular flexibility index (Phi) is 7.40. The second-order valence-corrected chi connectivity index (χ2v) is 6.99. The summed E-state index contributed by atoms with van der Waals surface area (Å²) in [6, 6.07) is 8.11. The van der Waals surface area contributed by atoms with Crippen molar-refractivity contribution < 1.29 is 14.3 Å². The number of hydrogen-bond donors (Lipinski definition) is 0. The van der Waals surface area contributed by atoms with Gasteiger partial charge in [0.25, 0.3) is 0 Å². The Bertz CT molecular complexity index is 670. The fraction of sp³-hybridized carbons (Fsp3) is 0.474. The van der Waals surface area contributed by atoms with Gasteiger partial charge in [-0.1, -0.05) is 24.6 Å². The Balaban J connectivity index is 1.96. The van der Waals surface area contributed by atoms with Gasteiger partial charge in [0.2, 0.25) is 5.91 Å². The first kappa shape index (κ1) is 19.4. The van der Waals surface area contributed by atoms with Crippen LogP contribution >= 0.6 is 11.3 Å². The molecule has 0 saturated carbocycles. The number of hydrogen-bond acceptors (Lipinski definition) is 5. The lowest BCUT2D eigenvalue weighted by Gasteiger charge is -2.27. The first-order valence-corrected chi connectivity index (χ1v) is 9.32. The number of benzene rings is 1. The van der Waals surface area contributed by atoms with Gasteiger partial charge in [-0.3, -0.25) is 4.79 Å². The smallest absolute Gasteiger partial charge is 0.249 e. The number of methoxy groups -OCH3 is 1. The second kappa shape index (κ2) is 9.53.